The molecule has 1 heterocycles. The molecular formula is C10H16N4O3S. The zero-order valence-corrected chi connectivity index (χ0v) is 11.1. The van der Waals surface area contributed by atoms with Gasteiger partial charge in [0.2, 0.25) is 5.91 Å². The summed E-state index contributed by atoms with van der Waals surface area (Å²) >= 11 is 1.09. The summed E-state index contributed by atoms with van der Waals surface area (Å²) in [5.74, 6) is -1.03. The van der Waals surface area contributed by atoms with Crippen molar-refractivity contribution in [2.75, 3.05) is 5.75 Å². The molecule has 1 amide bonds. The number of carboxylic acid groups (broad SMARTS) is 1. The van der Waals surface area contributed by atoms with Crippen molar-refractivity contribution in [3.8, 4) is 0 Å². The molecule has 0 saturated carbocycles. The second kappa shape index (κ2) is 7.00. The van der Waals surface area contributed by atoms with Crippen LogP contribution in [0.3, 0.4) is 0 Å². The zero-order chi connectivity index (χ0) is 13.5. The van der Waals surface area contributed by atoms with Gasteiger partial charge < -0.3 is 15.0 Å². The molecule has 0 spiro atoms. The first-order valence-corrected chi connectivity index (χ1v) is 6.49. The van der Waals surface area contributed by atoms with Crippen molar-refractivity contribution in [3.05, 3.63) is 6.33 Å². The van der Waals surface area contributed by atoms with E-state index < -0.39 is 5.97 Å². The molecule has 18 heavy (non-hydrogen) atoms. The molecule has 2 N–H and O–H groups in total. The normalized spacial score (nSPS) is 10.6. The quantitative estimate of drug-likeness (QED) is 0.696. The molecule has 1 rings (SSSR count). The highest BCUT2D eigenvalue weighted by Gasteiger charge is 2.09. The van der Waals surface area contributed by atoms with Gasteiger partial charge in [-0.25, -0.2) is 0 Å². The van der Waals surface area contributed by atoms with Crippen LogP contribution in [-0.4, -0.2) is 43.5 Å². The Bertz CT molecular complexity index is 419. The Morgan fingerprint density at radius 1 is 1.56 bits per heavy atom. The van der Waals surface area contributed by atoms with Crippen LogP contribution < -0.4 is 5.32 Å². The number of carboxylic acids is 1. The number of carbonyl (C=O) groups excluding carboxylic acids is 1. The standard InChI is InChI=1S/C10H16N4O3S/c1-7(2)12-8(15)3-4-14-6-11-13-10(14)18-5-9(16)17/h6-7H,3-5H2,1-2H3,(H,12,15)(H,16,17). The maximum absolute atomic E-state index is 11.5. The van der Waals surface area contributed by atoms with Crippen LogP contribution in [0.1, 0.15) is 20.3 Å². The Morgan fingerprint density at radius 3 is 2.89 bits per heavy atom. The van der Waals surface area contributed by atoms with Crippen LogP contribution in [0.15, 0.2) is 11.5 Å². The van der Waals surface area contributed by atoms with Crippen LogP contribution >= 0.6 is 11.8 Å². The van der Waals surface area contributed by atoms with Crippen molar-refractivity contribution in [1.29, 1.82) is 0 Å². The van der Waals surface area contributed by atoms with Crippen molar-refractivity contribution < 1.29 is 14.7 Å². The predicted octanol–water partition coefficient (Wildman–Crippen LogP) is 0.369. The van der Waals surface area contributed by atoms with Gasteiger partial charge in [0, 0.05) is 19.0 Å². The summed E-state index contributed by atoms with van der Waals surface area (Å²) in [5, 5.41) is 19.4. The fourth-order valence-corrected chi connectivity index (χ4v) is 1.91. The van der Waals surface area contributed by atoms with E-state index in [9.17, 15) is 9.59 Å². The van der Waals surface area contributed by atoms with E-state index >= 15 is 0 Å². The van der Waals surface area contributed by atoms with E-state index in [0.29, 0.717) is 18.1 Å². The third-order valence-corrected chi connectivity index (χ3v) is 2.90. The number of aryl methyl sites for hydroxylation is 1. The van der Waals surface area contributed by atoms with Gasteiger partial charge in [0.1, 0.15) is 6.33 Å². The summed E-state index contributed by atoms with van der Waals surface area (Å²) in [5.41, 5.74) is 0. The van der Waals surface area contributed by atoms with Crippen molar-refractivity contribution in [2.45, 2.75) is 38.0 Å². The molecule has 0 aliphatic heterocycles. The first-order valence-electron chi connectivity index (χ1n) is 5.50. The lowest BCUT2D eigenvalue weighted by atomic mass is 10.3. The van der Waals surface area contributed by atoms with Crippen molar-refractivity contribution in [1.82, 2.24) is 20.1 Å². The second-order valence-electron chi connectivity index (χ2n) is 3.96. The molecule has 0 aliphatic rings. The molecule has 7 nitrogen and oxygen atoms in total. The second-order valence-corrected chi connectivity index (χ2v) is 4.90. The van der Waals surface area contributed by atoms with Gasteiger partial charge in [-0.05, 0) is 13.8 Å². The van der Waals surface area contributed by atoms with Gasteiger partial charge >= 0.3 is 5.97 Å². The smallest absolute Gasteiger partial charge is 0.313 e. The Labute approximate surface area is 109 Å². The number of aliphatic carboxylic acids is 1. The molecule has 100 valence electrons. The van der Waals surface area contributed by atoms with Crippen LogP contribution in [0.2, 0.25) is 0 Å². The van der Waals surface area contributed by atoms with Crippen LogP contribution in [0, 0.1) is 0 Å². The maximum Gasteiger partial charge on any atom is 0.313 e. The lowest BCUT2D eigenvalue weighted by molar-refractivity contribution is -0.134. The topological polar surface area (TPSA) is 97.1 Å². The molecule has 0 atom stereocenters. The summed E-state index contributed by atoms with van der Waals surface area (Å²) in [7, 11) is 0. The number of hydrogen-bond donors (Lipinski definition) is 2. The minimum Gasteiger partial charge on any atom is -0.481 e. The van der Waals surface area contributed by atoms with E-state index in [4.69, 9.17) is 5.11 Å². The molecule has 0 aromatic carbocycles. The Morgan fingerprint density at radius 2 is 2.28 bits per heavy atom. The minimum atomic E-state index is -0.910. The summed E-state index contributed by atoms with van der Waals surface area (Å²) < 4.78 is 1.67. The molecule has 0 aliphatic carbocycles. The van der Waals surface area contributed by atoms with Crippen LogP contribution in [0.4, 0.5) is 0 Å². The molecular weight excluding hydrogens is 256 g/mol. The molecule has 1 aromatic heterocycles. The predicted molar refractivity (Wildman–Crippen MR) is 66.3 cm³/mol. The van der Waals surface area contributed by atoms with Crippen LogP contribution in [-0.2, 0) is 16.1 Å². The Kier molecular flexibility index (Phi) is 5.63. The lowest BCUT2D eigenvalue weighted by Crippen LogP contribution is -2.30. The molecule has 1 aromatic rings. The van der Waals surface area contributed by atoms with Gasteiger partial charge in [0.15, 0.2) is 5.16 Å². The SMILES string of the molecule is CC(C)NC(=O)CCn1cnnc1SCC(=O)O. The number of carbonyl (C=O) groups is 2. The Hall–Kier alpha value is -1.57. The third-order valence-electron chi connectivity index (χ3n) is 1.93. The average molecular weight is 272 g/mol. The molecule has 0 unspecified atom stereocenters. The first kappa shape index (κ1) is 14.5. The number of nitrogens with one attached hydrogen (secondary N) is 1. The third kappa shape index (κ3) is 5.17. The van der Waals surface area contributed by atoms with E-state index in [2.05, 4.69) is 15.5 Å². The van der Waals surface area contributed by atoms with Gasteiger partial charge in [-0.2, -0.15) is 0 Å². The Balaban J connectivity index is 2.45. The molecule has 0 saturated heterocycles. The average Bonchev–Trinajstić information content (AvgIpc) is 2.70. The van der Waals surface area contributed by atoms with Gasteiger partial charge in [-0.3, -0.25) is 9.59 Å². The highest BCUT2D eigenvalue weighted by atomic mass is 32.2. The van der Waals surface area contributed by atoms with E-state index in [0.717, 1.165) is 11.8 Å². The largest absolute Gasteiger partial charge is 0.481 e. The minimum absolute atomic E-state index is 0.0483. The fourth-order valence-electron chi connectivity index (χ4n) is 1.25. The van der Waals surface area contributed by atoms with Crippen molar-refractivity contribution >= 4 is 23.6 Å². The number of rotatable bonds is 7. The fraction of sp³-hybridized carbons (Fsp3) is 0.600. The number of aromatic nitrogens is 3. The number of nitrogens with zero attached hydrogens (tertiary/aromatic N) is 3. The van der Waals surface area contributed by atoms with Gasteiger partial charge in [-0.1, -0.05) is 11.8 Å². The molecule has 0 bridgehead atoms. The highest BCUT2D eigenvalue weighted by Crippen LogP contribution is 2.14. The molecule has 8 heteroatoms. The van der Waals surface area contributed by atoms with Gasteiger partial charge in [0.25, 0.3) is 0 Å². The van der Waals surface area contributed by atoms with Crippen molar-refractivity contribution in [3.63, 3.8) is 0 Å². The lowest BCUT2D eigenvalue weighted by Gasteiger charge is -2.09. The van der Waals surface area contributed by atoms with Gasteiger partial charge in [-0.15, -0.1) is 10.2 Å². The van der Waals surface area contributed by atoms with Crippen LogP contribution in [0.25, 0.3) is 0 Å². The summed E-state index contributed by atoms with van der Waals surface area (Å²) in [6.07, 6.45) is 1.81. The molecule has 0 radical (unpaired) electrons. The van der Waals surface area contributed by atoms with Crippen LogP contribution in [0.5, 0.6) is 0 Å². The number of amides is 1. The summed E-state index contributed by atoms with van der Waals surface area (Å²) in [6, 6.07) is 0.110. The van der Waals surface area contributed by atoms with E-state index in [1.807, 2.05) is 13.8 Å². The summed E-state index contributed by atoms with van der Waals surface area (Å²) in [6.45, 7) is 4.23. The van der Waals surface area contributed by atoms with Crippen molar-refractivity contribution in [2.24, 2.45) is 0 Å². The zero-order valence-electron chi connectivity index (χ0n) is 10.3. The molecule has 0 fully saturated rings. The monoisotopic (exact) mass is 272 g/mol. The van der Waals surface area contributed by atoms with E-state index in [1.165, 1.54) is 6.33 Å². The highest BCUT2D eigenvalue weighted by molar-refractivity contribution is 7.99. The number of thioether (sulfide) groups is 1. The number of hydrogen-bond acceptors (Lipinski definition) is 5. The summed E-state index contributed by atoms with van der Waals surface area (Å²) in [4.78, 5) is 21.9. The van der Waals surface area contributed by atoms with Gasteiger partial charge in [0.05, 0.1) is 5.75 Å². The first-order chi connectivity index (χ1) is 8.49. The maximum atomic E-state index is 11.5. The van der Waals surface area contributed by atoms with E-state index in [1.54, 1.807) is 4.57 Å². The van der Waals surface area contributed by atoms with E-state index in [-0.39, 0.29) is 17.7 Å².